The van der Waals surface area contributed by atoms with Crippen molar-refractivity contribution in [3.8, 4) is 0 Å². The number of alkyl halides is 4. The van der Waals surface area contributed by atoms with Gasteiger partial charge in [-0.3, -0.25) is 10.1 Å². The minimum absolute atomic E-state index is 0.0229. The van der Waals surface area contributed by atoms with Crippen LogP contribution in [0.25, 0.3) is 0 Å². The van der Waals surface area contributed by atoms with Crippen molar-refractivity contribution in [2.45, 2.75) is 32.7 Å². The van der Waals surface area contributed by atoms with Crippen LogP contribution in [0.1, 0.15) is 12.6 Å². The second kappa shape index (κ2) is 5.41. The molecule has 1 N–H and O–H groups in total. The Balaban J connectivity index is 3.03. The van der Waals surface area contributed by atoms with E-state index >= 15 is 0 Å². The van der Waals surface area contributed by atoms with Gasteiger partial charge in [0.1, 0.15) is 5.69 Å². The van der Waals surface area contributed by atoms with Crippen LogP contribution in [0.3, 0.4) is 0 Å². The van der Waals surface area contributed by atoms with Crippen molar-refractivity contribution in [2.24, 2.45) is 0 Å². The lowest BCUT2D eigenvalue weighted by Gasteiger charge is -2.16. The van der Waals surface area contributed by atoms with Crippen LogP contribution in [-0.2, 0) is 6.54 Å². The standard InChI is InChI=1S/C9H12F4N4O2/c1-3-16-7(6(17(18)19)5(2)15-16)14-4-9(12,13)8(10)11/h8,14H,3-4H2,1-2H3. The molecule has 0 bridgehead atoms. The van der Waals surface area contributed by atoms with E-state index in [0.717, 1.165) is 4.68 Å². The van der Waals surface area contributed by atoms with Crippen molar-refractivity contribution in [3.05, 3.63) is 15.8 Å². The summed E-state index contributed by atoms with van der Waals surface area (Å²) in [5.74, 6) is -4.57. The Morgan fingerprint density at radius 2 is 2.11 bits per heavy atom. The molecule has 0 saturated heterocycles. The lowest BCUT2D eigenvalue weighted by atomic mass is 10.3. The van der Waals surface area contributed by atoms with Gasteiger partial charge in [0.2, 0.25) is 5.82 Å². The number of nitrogens with one attached hydrogen (secondary N) is 1. The minimum Gasteiger partial charge on any atom is -0.358 e. The highest BCUT2D eigenvalue weighted by atomic mass is 19.3. The summed E-state index contributed by atoms with van der Waals surface area (Å²) in [6.07, 6.45) is -3.85. The predicted molar refractivity (Wildman–Crippen MR) is 58.7 cm³/mol. The third-order valence-electron chi connectivity index (χ3n) is 2.39. The van der Waals surface area contributed by atoms with E-state index in [2.05, 4.69) is 5.10 Å². The molecule has 108 valence electrons. The first-order valence-electron chi connectivity index (χ1n) is 5.32. The van der Waals surface area contributed by atoms with E-state index in [9.17, 15) is 27.7 Å². The molecule has 6 nitrogen and oxygen atoms in total. The highest BCUT2D eigenvalue weighted by Gasteiger charge is 2.41. The van der Waals surface area contributed by atoms with E-state index < -0.39 is 29.5 Å². The molecule has 0 spiro atoms. The van der Waals surface area contributed by atoms with Gasteiger partial charge in [0, 0.05) is 6.54 Å². The number of hydrogen-bond donors (Lipinski definition) is 1. The maximum Gasteiger partial charge on any atom is 0.333 e. The lowest BCUT2D eigenvalue weighted by molar-refractivity contribution is -0.384. The zero-order chi connectivity index (χ0) is 14.8. The number of nitro groups is 1. The second-order valence-corrected chi connectivity index (χ2v) is 3.77. The smallest absolute Gasteiger partial charge is 0.333 e. The molecule has 19 heavy (non-hydrogen) atoms. The third kappa shape index (κ3) is 3.12. The highest BCUT2D eigenvalue weighted by Crippen LogP contribution is 2.30. The van der Waals surface area contributed by atoms with Gasteiger partial charge in [-0.1, -0.05) is 0 Å². The summed E-state index contributed by atoms with van der Waals surface area (Å²) in [6, 6.07) is 0. The van der Waals surface area contributed by atoms with Gasteiger partial charge in [-0.05, 0) is 13.8 Å². The number of aromatic nitrogens is 2. The van der Waals surface area contributed by atoms with E-state index in [4.69, 9.17) is 0 Å². The molecule has 10 heteroatoms. The van der Waals surface area contributed by atoms with E-state index in [-0.39, 0.29) is 18.1 Å². The molecule has 1 aromatic rings. The average Bonchev–Trinajstić information content (AvgIpc) is 2.62. The van der Waals surface area contributed by atoms with E-state index in [0.29, 0.717) is 0 Å². The molecule has 0 fully saturated rings. The molecule has 0 aliphatic heterocycles. The van der Waals surface area contributed by atoms with E-state index in [1.165, 1.54) is 6.92 Å². The van der Waals surface area contributed by atoms with E-state index in [1.807, 2.05) is 5.32 Å². The molecule has 0 radical (unpaired) electrons. The van der Waals surface area contributed by atoms with Crippen molar-refractivity contribution in [3.63, 3.8) is 0 Å². The zero-order valence-corrected chi connectivity index (χ0v) is 10.2. The monoisotopic (exact) mass is 284 g/mol. The van der Waals surface area contributed by atoms with Gasteiger partial charge in [-0.25, -0.2) is 13.5 Å². The van der Waals surface area contributed by atoms with Gasteiger partial charge >= 0.3 is 18.0 Å². The first-order chi connectivity index (χ1) is 8.70. The van der Waals surface area contributed by atoms with Crippen LogP contribution in [0, 0.1) is 17.0 Å². The Bertz CT molecular complexity index is 475. The van der Waals surface area contributed by atoms with Crippen LogP contribution in [0.2, 0.25) is 0 Å². The molecular weight excluding hydrogens is 272 g/mol. The Morgan fingerprint density at radius 3 is 2.53 bits per heavy atom. The molecule has 0 aliphatic carbocycles. The van der Waals surface area contributed by atoms with Crippen molar-refractivity contribution in [1.82, 2.24) is 9.78 Å². The van der Waals surface area contributed by atoms with Crippen molar-refractivity contribution in [1.29, 1.82) is 0 Å². The van der Waals surface area contributed by atoms with Crippen LogP contribution >= 0.6 is 0 Å². The lowest BCUT2D eigenvalue weighted by Crippen LogP contribution is -2.35. The van der Waals surface area contributed by atoms with Gasteiger partial charge < -0.3 is 5.32 Å². The van der Waals surface area contributed by atoms with Gasteiger partial charge in [-0.2, -0.15) is 13.9 Å². The van der Waals surface area contributed by atoms with Gasteiger partial charge in [0.15, 0.2) is 0 Å². The Hall–Kier alpha value is -1.87. The van der Waals surface area contributed by atoms with Crippen LogP contribution < -0.4 is 5.32 Å². The second-order valence-electron chi connectivity index (χ2n) is 3.77. The molecule has 0 unspecified atom stereocenters. The number of nitrogens with zero attached hydrogens (tertiary/aromatic N) is 3. The topological polar surface area (TPSA) is 73.0 Å². The molecular formula is C9H12F4N4O2. The summed E-state index contributed by atoms with van der Waals surface area (Å²) >= 11 is 0. The summed E-state index contributed by atoms with van der Waals surface area (Å²) in [5.41, 5.74) is -0.471. The summed E-state index contributed by atoms with van der Waals surface area (Å²) in [5, 5.41) is 16.6. The number of aryl methyl sites for hydroxylation is 2. The van der Waals surface area contributed by atoms with Crippen LogP contribution in [-0.4, -0.2) is 33.6 Å². The zero-order valence-electron chi connectivity index (χ0n) is 10.2. The van der Waals surface area contributed by atoms with Crippen molar-refractivity contribution < 1.29 is 22.5 Å². The minimum atomic E-state index is -4.27. The summed E-state index contributed by atoms with van der Waals surface area (Å²) in [7, 11) is 0. The number of anilines is 1. The quantitative estimate of drug-likeness (QED) is 0.494. The molecule has 0 atom stereocenters. The molecule has 0 saturated carbocycles. The molecule has 0 amide bonds. The van der Waals surface area contributed by atoms with Crippen LogP contribution in [0.15, 0.2) is 0 Å². The van der Waals surface area contributed by atoms with Crippen molar-refractivity contribution >= 4 is 11.5 Å². The summed E-state index contributed by atoms with van der Waals surface area (Å²) in [4.78, 5) is 10.0. The van der Waals surface area contributed by atoms with Gasteiger partial charge in [-0.15, -0.1) is 0 Å². The van der Waals surface area contributed by atoms with Gasteiger partial charge in [0.05, 0.1) is 11.5 Å². The predicted octanol–water partition coefficient (Wildman–Crippen LogP) is 2.43. The number of halogens is 4. The van der Waals surface area contributed by atoms with Crippen LogP contribution in [0.5, 0.6) is 0 Å². The normalized spacial score (nSPS) is 11.9. The first kappa shape index (κ1) is 15.2. The maximum absolute atomic E-state index is 12.8. The number of hydrogen-bond acceptors (Lipinski definition) is 4. The van der Waals surface area contributed by atoms with Gasteiger partial charge in [0.25, 0.3) is 0 Å². The fourth-order valence-corrected chi connectivity index (χ4v) is 1.47. The average molecular weight is 284 g/mol. The summed E-state index contributed by atoms with van der Waals surface area (Å²) < 4.78 is 50.7. The molecule has 0 aliphatic rings. The fraction of sp³-hybridized carbons (Fsp3) is 0.667. The number of rotatable bonds is 6. The molecule has 0 aromatic carbocycles. The fourth-order valence-electron chi connectivity index (χ4n) is 1.47. The molecule has 1 aromatic heterocycles. The Kier molecular flexibility index (Phi) is 4.32. The Morgan fingerprint density at radius 1 is 1.53 bits per heavy atom. The third-order valence-corrected chi connectivity index (χ3v) is 2.39. The first-order valence-corrected chi connectivity index (χ1v) is 5.32. The maximum atomic E-state index is 12.8. The van der Waals surface area contributed by atoms with E-state index in [1.54, 1.807) is 6.92 Å². The summed E-state index contributed by atoms with van der Waals surface area (Å²) in [6.45, 7) is 1.70. The molecule has 1 rings (SSSR count). The van der Waals surface area contributed by atoms with Crippen LogP contribution in [0.4, 0.5) is 29.1 Å². The van der Waals surface area contributed by atoms with Crippen molar-refractivity contribution in [2.75, 3.05) is 11.9 Å². The molecule has 1 heterocycles. The SMILES string of the molecule is CCn1nc(C)c([N+](=O)[O-])c1NCC(F)(F)C(F)F. The highest BCUT2D eigenvalue weighted by molar-refractivity contribution is 5.59. The Labute approximate surface area is 105 Å². The largest absolute Gasteiger partial charge is 0.358 e.